The van der Waals surface area contributed by atoms with Crippen LogP contribution in [0, 0.1) is 0 Å². The summed E-state index contributed by atoms with van der Waals surface area (Å²) in [4.78, 5) is 11.2. The van der Waals surface area contributed by atoms with Gasteiger partial charge in [0.25, 0.3) is 0 Å². The highest BCUT2D eigenvalue weighted by atomic mass is 32.2. The summed E-state index contributed by atoms with van der Waals surface area (Å²) in [5, 5.41) is 10.1. The Kier molecular flexibility index (Phi) is 4.00. The van der Waals surface area contributed by atoms with Crippen LogP contribution in [-0.4, -0.2) is 39.8 Å². The van der Waals surface area contributed by atoms with Gasteiger partial charge in [0.2, 0.25) is 0 Å². The molecule has 0 aromatic heterocycles. The first-order chi connectivity index (χ1) is 8.01. The Morgan fingerprint density at radius 1 is 1.53 bits per heavy atom. The van der Waals surface area contributed by atoms with Crippen molar-refractivity contribution in [1.29, 1.82) is 0 Å². The highest BCUT2D eigenvalue weighted by Gasteiger charge is 2.41. The van der Waals surface area contributed by atoms with E-state index in [9.17, 15) is 4.79 Å². The minimum absolute atomic E-state index is 0.291. The molecule has 3 N–H and O–H groups in total. The zero-order valence-electron chi connectivity index (χ0n) is 10.2. The molecule has 2 aliphatic rings. The number of aliphatic carboxylic acids is 1. The van der Waals surface area contributed by atoms with Crippen LogP contribution in [0.25, 0.3) is 0 Å². The van der Waals surface area contributed by atoms with Crippen molar-refractivity contribution < 1.29 is 14.6 Å². The molecule has 0 aromatic carbocycles. The first-order valence-electron chi connectivity index (χ1n) is 6.30. The second-order valence-corrected chi connectivity index (χ2v) is 6.76. The standard InChI is InChI=1S/C12H21NO3S/c1-8-10(4-6-16-8)17-9-3-2-5-12(13,7-9)11(14)15/h8-10H,2-7,13H2,1H3,(H,14,15). The molecule has 0 radical (unpaired) electrons. The number of carboxylic acids is 1. The number of thioether (sulfide) groups is 1. The van der Waals surface area contributed by atoms with E-state index in [1.54, 1.807) is 0 Å². The molecule has 1 aliphatic carbocycles. The van der Waals surface area contributed by atoms with E-state index in [4.69, 9.17) is 15.6 Å². The van der Waals surface area contributed by atoms with Crippen molar-refractivity contribution in [3.05, 3.63) is 0 Å². The maximum atomic E-state index is 11.2. The summed E-state index contributed by atoms with van der Waals surface area (Å²) >= 11 is 1.89. The van der Waals surface area contributed by atoms with Gasteiger partial charge in [-0.1, -0.05) is 0 Å². The molecule has 98 valence electrons. The van der Waals surface area contributed by atoms with Crippen LogP contribution in [0.2, 0.25) is 0 Å². The lowest BCUT2D eigenvalue weighted by molar-refractivity contribution is -0.144. The predicted molar refractivity (Wildman–Crippen MR) is 68.2 cm³/mol. The van der Waals surface area contributed by atoms with E-state index in [0.29, 0.717) is 29.4 Å². The minimum Gasteiger partial charge on any atom is -0.480 e. The Balaban J connectivity index is 1.91. The molecule has 1 aliphatic heterocycles. The van der Waals surface area contributed by atoms with Gasteiger partial charge < -0.3 is 15.6 Å². The number of rotatable bonds is 3. The molecule has 4 unspecified atom stereocenters. The monoisotopic (exact) mass is 259 g/mol. The average Bonchev–Trinajstić information content (AvgIpc) is 2.64. The van der Waals surface area contributed by atoms with Crippen molar-refractivity contribution in [1.82, 2.24) is 0 Å². The van der Waals surface area contributed by atoms with Gasteiger partial charge >= 0.3 is 5.97 Å². The van der Waals surface area contributed by atoms with Crippen molar-refractivity contribution in [3.8, 4) is 0 Å². The van der Waals surface area contributed by atoms with Crippen molar-refractivity contribution in [3.63, 3.8) is 0 Å². The summed E-state index contributed by atoms with van der Waals surface area (Å²) in [5.41, 5.74) is 4.96. The van der Waals surface area contributed by atoms with Crippen LogP contribution in [-0.2, 0) is 9.53 Å². The van der Waals surface area contributed by atoms with E-state index >= 15 is 0 Å². The van der Waals surface area contributed by atoms with Gasteiger partial charge in [0, 0.05) is 17.1 Å². The number of nitrogens with two attached hydrogens (primary N) is 1. The van der Waals surface area contributed by atoms with Gasteiger partial charge in [-0.15, -0.1) is 0 Å². The maximum Gasteiger partial charge on any atom is 0.323 e. The highest BCUT2D eigenvalue weighted by molar-refractivity contribution is 8.00. The summed E-state index contributed by atoms with van der Waals surface area (Å²) in [5.74, 6) is -0.849. The smallest absolute Gasteiger partial charge is 0.323 e. The molecule has 0 amide bonds. The van der Waals surface area contributed by atoms with Crippen molar-refractivity contribution >= 4 is 17.7 Å². The summed E-state index contributed by atoms with van der Waals surface area (Å²) < 4.78 is 5.54. The molecule has 1 heterocycles. The number of ether oxygens (including phenoxy) is 1. The lowest BCUT2D eigenvalue weighted by Gasteiger charge is -2.35. The molecule has 4 atom stereocenters. The van der Waals surface area contributed by atoms with E-state index in [1.807, 2.05) is 11.8 Å². The fourth-order valence-electron chi connectivity index (χ4n) is 2.70. The van der Waals surface area contributed by atoms with Gasteiger partial charge in [-0.05, 0) is 39.0 Å². The molecular weight excluding hydrogens is 238 g/mol. The quantitative estimate of drug-likeness (QED) is 0.806. The van der Waals surface area contributed by atoms with Gasteiger partial charge in [0.15, 0.2) is 0 Å². The topological polar surface area (TPSA) is 72.5 Å². The Morgan fingerprint density at radius 2 is 2.29 bits per heavy atom. The third-order valence-corrected chi connectivity index (χ3v) is 5.60. The van der Waals surface area contributed by atoms with Crippen LogP contribution in [0.4, 0.5) is 0 Å². The number of carboxylic acid groups (broad SMARTS) is 1. The average molecular weight is 259 g/mol. The molecule has 1 saturated carbocycles. The van der Waals surface area contributed by atoms with E-state index in [2.05, 4.69) is 6.92 Å². The van der Waals surface area contributed by atoms with Gasteiger partial charge in [-0.2, -0.15) is 11.8 Å². The largest absolute Gasteiger partial charge is 0.480 e. The summed E-state index contributed by atoms with van der Waals surface area (Å²) in [6.45, 7) is 2.93. The van der Waals surface area contributed by atoms with Crippen molar-refractivity contribution in [2.24, 2.45) is 5.73 Å². The Hall–Kier alpha value is -0.260. The molecule has 1 saturated heterocycles. The number of hydrogen-bond donors (Lipinski definition) is 2. The Morgan fingerprint density at radius 3 is 2.88 bits per heavy atom. The van der Waals surface area contributed by atoms with E-state index in [1.165, 1.54) is 0 Å². The first-order valence-corrected chi connectivity index (χ1v) is 7.25. The molecule has 17 heavy (non-hydrogen) atoms. The molecule has 5 heteroatoms. The predicted octanol–water partition coefficient (Wildman–Crippen LogP) is 1.62. The number of hydrogen-bond acceptors (Lipinski definition) is 4. The minimum atomic E-state index is -1.00. The van der Waals surface area contributed by atoms with Crippen LogP contribution < -0.4 is 5.73 Å². The first kappa shape index (κ1) is 13.2. The lowest BCUT2D eigenvalue weighted by atomic mass is 9.82. The fourth-order valence-corrected chi connectivity index (χ4v) is 4.43. The van der Waals surface area contributed by atoms with Gasteiger partial charge in [-0.25, -0.2) is 0 Å². The molecule has 0 bridgehead atoms. The zero-order chi connectivity index (χ0) is 12.5. The fraction of sp³-hybridized carbons (Fsp3) is 0.917. The molecule has 2 fully saturated rings. The summed E-state index contributed by atoms with van der Waals surface area (Å²) in [7, 11) is 0. The van der Waals surface area contributed by atoms with Crippen LogP contribution >= 0.6 is 11.8 Å². The van der Waals surface area contributed by atoms with Crippen LogP contribution in [0.5, 0.6) is 0 Å². The van der Waals surface area contributed by atoms with Crippen LogP contribution in [0.3, 0.4) is 0 Å². The highest BCUT2D eigenvalue weighted by Crippen LogP contribution is 2.39. The SMILES string of the molecule is CC1OCCC1SC1CCCC(N)(C(=O)O)C1. The maximum absolute atomic E-state index is 11.2. The zero-order valence-corrected chi connectivity index (χ0v) is 11.0. The molecule has 4 nitrogen and oxygen atoms in total. The van der Waals surface area contributed by atoms with Crippen LogP contribution in [0.15, 0.2) is 0 Å². The van der Waals surface area contributed by atoms with Gasteiger partial charge in [0.05, 0.1) is 6.10 Å². The van der Waals surface area contributed by atoms with Crippen LogP contribution in [0.1, 0.15) is 39.0 Å². The van der Waals surface area contributed by atoms with Gasteiger partial charge in [0.1, 0.15) is 5.54 Å². The van der Waals surface area contributed by atoms with E-state index in [0.717, 1.165) is 25.9 Å². The summed E-state index contributed by atoms with van der Waals surface area (Å²) in [6, 6.07) is 0. The van der Waals surface area contributed by atoms with Crippen molar-refractivity contribution in [2.75, 3.05) is 6.61 Å². The second kappa shape index (κ2) is 5.16. The van der Waals surface area contributed by atoms with Gasteiger partial charge in [-0.3, -0.25) is 4.79 Å². The third kappa shape index (κ3) is 2.95. The van der Waals surface area contributed by atoms with E-state index < -0.39 is 11.5 Å². The van der Waals surface area contributed by atoms with Crippen molar-refractivity contribution in [2.45, 2.75) is 61.2 Å². The molecular formula is C12H21NO3S. The second-order valence-electron chi connectivity index (χ2n) is 5.22. The Labute approximate surface area is 106 Å². The van der Waals surface area contributed by atoms with E-state index in [-0.39, 0.29) is 0 Å². The molecule has 2 rings (SSSR count). The molecule has 0 spiro atoms. The molecule has 0 aromatic rings. The lowest BCUT2D eigenvalue weighted by Crippen LogP contribution is -2.52. The number of carbonyl (C=O) groups is 1. The Bertz CT molecular complexity index is 299. The normalized spacial score (nSPS) is 42.6. The summed E-state index contributed by atoms with van der Waals surface area (Å²) in [6.07, 6.45) is 4.57. The third-order valence-electron chi connectivity index (χ3n) is 3.84.